The number of aliphatic hydroxyl groups is 1. The first kappa shape index (κ1) is 105. The second-order valence-corrected chi connectivity index (χ2v) is 34.3. The van der Waals surface area contributed by atoms with Gasteiger partial charge in [-0.25, -0.2) is 9.13 Å². The van der Waals surface area contributed by atoms with Gasteiger partial charge in [0, 0.05) is 25.7 Å². The number of phosphoric acid groups is 2. The zero-order valence-corrected chi connectivity index (χ0v) is 71.6. The van der Waals surface area contributed by atoms with Crippen LogP contribution in [-0.4, -0.2) is 96.7 Å². The van der Waals surface area contributed by atoms with Gasteiger partial charge >= 0.3 is 39.5 Å². The van der Waals surface area contributed by atoms with E-state index in [0.29, 0.717) is 25.7 Å². The Morgan fingerprint density at radius 3 is 0.766 bits per heavy atom. The van der Waals surface area contributed by atoms with Gasteiger partial charge in [-0.2, -0.15) is 0 Å². The van der Waals surface area contributed by atoms with E-state index in [1.54, 1.807) is 0 Å². The average Bonchev–Trinajstić information content (AvgIpc) is 0.908. The van der Waals surface area contributed by atoms with Crippen LogP contribution >= 0.6 is 15.6 Å². The number of unbranched alkanes of at least 4 members (excludes halogenated alkanes) is 55. The summed E-state index contributed by atoms with van der Waals surface area (Å²) in [6.07, 6.45) is 77.3. The van der Waals surface area contributed by atoms with Crippen molar-refractivity contribution in [1.29, 1.82) is 0 Å². The van der Waals surface area contributed by atoms with Gasteiger partial charge in [0.2, 0.25) is 0 Å². The molecule has 0 aromatic rings. The fourth-order valence-electron chi connectivity index (χ4n) is 13.3. The van der Waals surface area contributed by atoms with Crippen molar-refractivity contribution in [3.63, 3.8) is 0 Å². The Hall–Kier alpha value is -2.46. The molecule has 0 aromatic heterocycles. The first-order valence-corrected chi connectivity index (χ1v) is 47.9. The van der Waals surface area contributed by atoms with E-state index < -0.39 is 97.5 Å². The van der Waals surface area contributed by atoms with Crippen molar-refractivity contribution in [2.24, 2.45) is 5.92 Å². The van der Waals surface area contributed by atoms with E-state index in [1.807, 2.05) is 0 Å². The lowest BCUT2D eigenvalue weighted by molar-refractivity contribution is -0.161. The van der Waals surface area contributed by atoms with Crippen LogP contribution in [0, 0.1) is 5.92 Å². The Morgan fingerprint density at radius 2 is 0.505 bits per heavy atom. The van der Waals surface area contributed by atoms with Crippen molar-refractivity contribution in [3.05, 3.63) is 24.3 Å². The summed E-state index contributed by atoms with van der Waals surface area (Å²) in [7, 11) is -9.94. The molecule has 5 atom stereocenters. The summed E-state index contributed by atoms with van der Waals surface area (Å²) in [5.74, 6) is -1.31. The molecule has 2 unspecified atom stereocenters. The van der Waals surface area contributed by atoms with Crippen molar-refractivity contribution < 1.29 is 80.2 Å². The summed E-state index contributed by atoms with van der Waals surface area (Å²) in [5, 5.41) is 10.7. The second-order valence-electron chi connectivity index (χ2n) is 31.4. The van der Waals surface area contributed by atoms with Gasteiger partial charge in [-0.3, -0.25) is 37.3 Å². The minimum absolute atomic E-state index is 0.0857. The van der Waals surface area contributed by atoms with Gasteiger partial charge in [0.25, 0.3) is 0 Å². The number of carbonyl (C=O) groups excluding carboxylic acids is 4. The summed E-state index contributed by atoms with van der Waals surface area (Å²) in [6, 6.07) is 0. The van der Waals surface area contributed by atoms with Crippen LogP contribution in [0.15, 0.2) is 24.3 Å². The summed E-state index contributed by atoms with van der Waals surface area (Å²) in [4.78, 5) is 73.2. The Balaban J connectivity index is 5.24. The summed E-state index contributed by atoms with van der Waals surface area (Å²) in [5.41, 5.74) is 0. The molecule has 0 saturated carbocycles. The summed E-state index contributed by atoms with van der Waals surface area (Å²) in [6.45, 7) is 7.33. The van der Waals surface area contributed by atoms with Crippen molar-refractivity contribution >= 4 is 39.5 Å². The van der Waals surface area contributed by atoms with Crippen LogP contribution in [0.5, 0.6) is 0 Å². The zero-order valence-electron chi connectivity index (χ0n) is 69.8. The highest BCUT2D eigenvalue weighted by Crippen LogP contribution is 2.45. The fourth-order valence-corrected chi connectivity index (χ4v) is 14.9. The Bertz CT molecular complexity index is 2130. The molecule has 0 rings (SSSR count). The van der Waals surface area contributed by atoms with Gasteiger partial charge < -0.3 is 33.8 Å². The quantitative estimate of drug-likeness (QED) is 0.0169. The van der Waals surface area contributed by atoms with Crippen LogP contribution in [0.1, 0.15) is 452 Å². The molecule has 632 valence electrons. The van der Waals surface area contributed by atoms with Crippen molar-refractivity contribution in [3.8, 4) is 0 Å². The van der Waals surface area contributed by atoms with E-state index >= 15 is 0 Å². The number of aliphatic hydroxyl groups excluding tert-OH is 1. The molecule has 0 aliphatic rings. The van der Waals surface area contributed by atoms with Gasteiger partial charge in [0.1, 0.15) is 19.3 Å². The van der Waals surface area contributed by atoms with Gasteiger partial charge in [-0.1, -0.05) is 399 Å². The monoisotopic (exact) mass is 1560 g/mol. The van der Waals surface area contributed by atoms with E-state index in [1.165, 1.54) is 263 Å². The summed E-state index contributed by atoms with van der Waals surface area (Å²) < 4.78 is 68.9. The van der Waals surface area contributed by atoms with Crippen LogP contribution in [0.25, 0.3) is 0 Å². The lowest BCUT2D eigenvalue weighted by atomic mass is 10.0. The highest BCUT2D eigenvalue weighted by Gasteiger charge is 2.30. The lowest BCUT2D eigenvalue weighted by Gasteiger charge is -2.21. The van der Waals surface area contributed by atoms with Crippen molar-refractivity contribution in [2.75, 3.05) is 39.6 Å². The maximum atomic E-state index is 13.2. The minimum atomic E-state index is -4.97. The normalized spacial score (nSPS) is 13.9. The highest BCUT2D eigenvalue weighted by molar-refractivity contribution is 7.47. The SMILES string of the molecule is CCCCCC/C=C\C=C/CCCCCCCC(=O)O[C@H](COC(=O)CCCCCCCCCCCC)COP(=O)(O)OC[C@H](O)COP(=O)(O)OC[C@@H](COC(=O)CCCCCCCCCCCCCCCCCCCCCCC)OC(=O)CCCCCCCCCCCCCCCCCCCCC(C)C. The maximum absolute atomic E-state index is 13.2. The Labute approximate surface area is 656 Å². The van der Waals surface area contributed by atoms with Crippen molar-refractivity contribution in [1.82, 2.24) is 0 Å². The molecule has 0 aliphatic carbocycles. The maximum Gasteiger partial charge on any atom is 0.472 e. The minimum Gasteiger partial charge on any atom is -0.462 e. The topological polar surface area (TPSA) is 237 Å². The molecule has 0 aliphatic heterocycles. The molecule has 0 spiro atoms. The number of ether oxygens (including phenoxy) is 4. The standard InChI is InChI=1S/C88H168O17P2/c1-6-9-12-15-18-21-24-26-28-29-30-31-32-36-40-43-47-52-57-62-67-72-86(91)99-78-84(105-88(93)74-69-64-59-54-49-45-41-37-34-33-35-39-42-46-50-55-60-65-70-81(4)5)80-103-107(96,97)101-76-82(89)75-100-106(94,95)102-79-83(77-98-85(90)71-66-61-56-51-23-20-17-14-11-8-3)104-87(92)73-68-63-58-53-48-44-38-27-25-22-19-16-13-10-7-2/h22,25,27,38,81-84,89H,6-21,23-24,26,28-37,39-80H2,1-5H3,(H,94,95)(H,96,97)/b25-22-,38-27-/t82-,83+,84+/m0/s1. The highest BCUT2D eigenvalue weighted by atomic mass is 31.2. The molecule has 3 N–H and O–H groups in total. The smallest absolute Gasteiger partial charge is 0.462 e. The fraction of sp³-hybridized carbons (Fsp3) is 0.909. The van der Waals surface area contributed by atoms with Crippen molar-refractivity contribution in [2.45, 2.75) is 470 Å². The first-order valence-electron chi connectivity index (χ1n) is 45.0. The molecule has 0 radical (unpaired) electrons. The molecule has 0 fully saturated rings. The van der Waals surface area contributed by atoms with Crippen LogP contribution < -0.4 is 0 Å². The van der Waals surface area contributed by atoms with Crippen LogP contribution in [0.4, 0.5) is 0 Å². The van der Waals surface area contributed by atoms with Gasteiger partial charge in [-0.05, 0) is 57.3 Å². The van der Waals surface area contributed by atoms with E-state index in [0.717, 1.165) is 109 Å². The Kier molecular flexibility index (Phi) is 78.3. The van der Waals surface area contributed by atoms with Crippen LogP contribution in [0.2, 0.25) is 0 Å². The molecular weight excluding hydrogens is 1390 g/mol. The van der Waals surface area contributed by atoms with E-state index in [4.69, 9.17) is 37.0 Å². The number of hydrogen-bond acceptors (Lipinski definition) is 15. The number of esters is 4. The summed E-state index contributed by atoms with van der Waals surface area (Å²) >= 11 is 0. The number of phosphoric ester groups is 2. The molecular formula is C88H168O17P2. The molecule has 0 amide bonds. The van der Waals surface area contributed by atoms with Crippen LogP contribution in [-0.2, 0) is 65.4 Å². The second kappa shape index (κ2) is 80.2. The third kappa shape index (κ3) is 81.4. The number of allylic oxidation sites excluding steroid dienone is 4. The molecule has 0 saturated heterocycles. The number of rotatable bonds is 86. The van der Waals surface area contributed by atoms with E-state index in [9.17, 15) is 43.2 Å². The largest absolute Gasteiger partial charge is 0.472 e. The molecule has 0 heterocycles. The third-order valence-corrected chi connectivity index (χ3v) is 22.1. The van der Waals surface area contributed by atoms with Crippen LogP contribution in [0.3, 0.4) is 0 Å². The average molecular weight is 1560 g/mol. The Morgan fingerprint density at radius 1 is 0.290 bits per heavy atom. The predicted octanol–water partition coefficient (Wildman–Crippen LogP) is 26.7. The predicted molar refractivity (Wildman–Crippen MR) is 441 cm³/mol. The zero-order chi connectivity index (χ0) is 78.3. The van der Waals surface area contributed by atoms with Gasteiger partial charge in [0.15, 0.2) is 12.2 Å². The number of carbonyl (C=O) groups is 4. The lowest BCUT2D eigenvalue weighted by Crippen LogP contribution is -2.30. The molecule has 0 bridgehead atoms. The first-order chi connectivity index (χ1) is 52.0. The molecule has 17 nitrogen and oxygen atoms in total. The molecule has 19 heteroatoms. The molecule has 0 aromatic carbocycles. The van der Waals surface area contributed by atoms with E-state index in [2.05, 4.69) is 58.9 Å². The third-order valence-electron chi connectivity index (χ3n) is 20.2. The molecule has 107 heavy (non-hydrogen) atoms. The van der Waals surface area contributed by atoms with E-state index in [-0.39, 0.29) is 25.7 Å². The number of hydrogen-bond donors (Lipinski definition) is 3. The van der Waals surface area contributed by atoms with Gasteiger partial charge in [0.05, 0.1) is 26.4 Å². The van der Waals surface area contributed by atoms with Gasteiger partial charge in [-0.15, -0.1) is 0 Å².